The molecule has 4 atom stereocenters. The van der Waals surface area contributed by atoms with Crippen LogP contribution in [0.25, 0.3) is 0 Å². The van der Waals surface area contributed by atoms with Crippen molar-refractivity contribution in [3.8, 4) is 0 Å². The van der Waals surface area contributed by atoms with Gasteiger partial charge in [-0.15, -0.1) is 0 Å². The highest BCUT2D eigenvalue weighted by Gasteiger charge is 2.80. The van der Waals surface area contributed by atoms with Crippen LogP contribution in [0.1, 0.15) is 45.9 Å². The average molecular weight is 635 g/mol. The van der Waals surface area contributed by atoms with Gasteiger partial charge in [0.2, 0.25) is 0 Å². The fourth-order valence-corrected chi connectivity index (χ4v) is 6.93. The third-order valence-corrected chi connectivity index (χ3v) is 8.73. The van der Waals surface area contributed by atoms with Crippen molar-refractivity contribution in [1.82, 2.24) is 0 Å². The van der Waals surface area contributed by atoms with E-state index >= 15 is 0 Å². The lowest BCUT2D eigenvalue weighted by Gasteiger charge is -2.28. The summed E-state index contributed by atoms with van der Waals surface area (Å²) in [6.07, 6.45) is 0. The van der Waals surface area contributed by atoms with Crippen molar-refractivity contribution in [3.63, 3.8) is 0 Å². The van der Waals surface area contributed by atoms with Gasteiger partial charge in [0.1, 0.15) is 24.1 Å². The van der Waals surface area contributed by atoms with Crippen LogP contribution in [0.2, 0.25) is 0 Å². The summed E-state index contributed by atoms with van der Waals surface area (Å²) in [5.74, 6) is -7.17. The van der Waals surface area contributed by atoms with Gasteiger partial charge in [0, 0.05) is 0 Å². The van der Waals surface area contributed by atoms with Crippen molar-refractivity contribution < 1.29 is 39.4 Å². The molecule has 43 heavy (non-hydrogen) atoms. The average Bonchev–Trinajstić information content (AvgIpc) is 3.87. The fraction of sp³-hybridized carbons (Fsp3) is 0.250. The number of rotatable bonds is 10. The summed E-state index contributed by atoms with van der Waals surface area (Å²) in [6.45, 7) is 0. The molecule has 0 aromatic heterocycles. The third kappa shape index (κ3) is 6.19. The fourth-order valence-electron chi connectivity index (χ4n) is 5.99. The summed E-state index contributed by atoms with van der Waals surface area (Å²) in [5.41, 5.74) is -7.15. The first kappa shape index (κ1) is 30.1. The van der Waals surface area contributed by atoms with E-state index in [1.54, 1.807) is 121 Å². The predicted octanol–water partition coefficient (Wildman–Crippen LogP) is 9.93. The number of halogens is 6. The molecular formula is C32H24F6O3S2. The predicted molar refractivity (Wildman–Crippen MR) is 153 cm³/mol. The summed E-state index contributed by atoms with van der Waals surface area (Å²) in [5, 5.41) is 0. The van der Waals surface area contributed by atoms with Gasteiger partial charge in [0.25, 0.3) is 0 Å². The molecule has 0 radical (unpaired) electrons. The largest absolute Gasteiger partial charge is 0.468 e. The lowest BCUT2D eigenvalue weighted by atomic mass is 10.0. The van der Waals surface area contributed by atoms with Crippen LogP contribution in [0.4, 0.5) is 26.3 Å². The minimum absolute atomic E-state index is 0.617. The van der Waals surface area contributed by atoms with Crippen molar-refractivity contribution in [2.24, 2.45) is 0 Å². The second-order valence-corrected chi connectivity index (χ2v) is 11.9. The first-order valence-electron chi connectivity index (χ1n) is 13.3. The van der Waals surface area contributed by atoms with Crippen LogP contribution >= 0.6 is 24.1 Å². The molecule has 4 aromatic carbocycles. The maximum atomic E-state index is 13.7. The van der Waals surface area contributed by atoms with Crippen LogP contribution in [-0.4, -0.2) is 22.6 Å². The highest BCUT2D eigenvalue weighted by molar-refractivity contribution is 7.95. The standard InChI is InChI=1S/C32H24F6O3S2/c33-31(34,35)42-40-29(25(21-13-5-1-6-14-21)26(29)22-15-7-2-8-16-22)39-30(41-43-32(36,37)38)27(23-17-9-3-10-18-23)28(30)24-19-11-4-12-20-24/h1-20,25-28H. The molecular weight excluding hydrogens is 610 g/mol. The molecule has 4 aromatic rings. The minimum Gasteiger partial charge on any atom is -0.313 e. The summed E-state index contributed by atoms with van der Waals surface area (Å²) in [6, 6.07) is 34.8. The van der Waals surface area contributed by atoms with Gasteiger partial charge < -0.3 is 4.74 Å². The van der Waals surface area contributed by atoms with E-state index in [1.807, 2.05) is 0 Å². The molecule has 0 bridgehead atoms. The summed E-state index contributed by atoms with van der Waals surface area (Å²) < 4.78 is 100. The number of benzene rings is 4. The molecule has 3 nitrogen and oxygen atoms in total. The Balaban J connectivity index is 1.51. The Morgan fingerprint density at radius 1 is 0.419 bits per heavy atom. The van der Waals surface area contributed by atoms with Gasteiger partial charge in [-0.2, -0.15) is 26.3 Å². The van der Waals surface area contributed by atoms with E-state index in [1.165, 1.54) is 0 Å². The van der Waals surface area contributed by atoms with Gasteiger partial charge in [-0.1, -0.05) is 121 Å². The summed E-state index contributed by atoms with van der Waals surface area (Å²) >= 11 is -1.45. The first-order valence-corrected chi connectivity index (χ1v) is 14.8. The van der Waals surface area contributed by atoms with Gasteiger partial charge >= 0.3 is 11.0 Å². The highest BCUT2D eigenvalue weighted by atomic mass is 32.2. The quantitative estimate of drug-likeness (QED) is 0.0984. The molecule has 11 heteroatoms. The molecule has 0 saturated heterocycles. The molecule has 2 fully saturated rings. The van der Waals surface area contributed by atoms with E-state index in [0.717, 1.165) is 0 Å². The zero-order valence-electron chi connectivity index (χ0n) is 22.2. The van der Waals surface area contributed by atoms with Crippen molar-refractivity contribution in [3.05, 3.63) is 144 Å². The summed E-state index contributed by atoms with van der Waals surface area (Å²) in [7, 11) is 0. The molecule has 224 valence electrons. The first-order chi connectivity index (χ1) is 20.5. The Labute approximate surface area is 253 Å². The van der Waals surface area contributed by atoms with Gasteiger partial charge in [0.15, 0.2) is 11.6 Å². The second kappa shape index (κ2) is 11.5. The zero-order chi connectivity index (χ0) is 30.3. The normalized spacial score (nSPS) is 28.4. The van der Waals surface area contributed by atoms with Crippen molar-refractivity contribution in [2.75, 3.05) is 0 Å². The number of alkyl halides is 6. The minimum atomic E-state index is -4.81. The number of hydrogen-bond donors (Lipinski definition) is 0. The number of ether oxygens (including phenoxy) is 1. The molecule has 2 aliphatic rings. The molecule has 0 amide bonds. The van der Waals surface area contributed by atoms with E-state index in [4.69, 9.17) is 13.1 Å². The Morgan fingerprint density at radius 3 is 0.860 bits per heavy atom. The van der Waals surface area contributed by atoms with Crippen LogP contribution in [0, 0.1) is 0 Å². The van der Waals surface area contributed by atoms with Gasteiger partial charge in [-0.05, 0) is 22.3 Å². The van der Waals surface area contributed by atoms with Crippen LogP contribution in [0.5, 0.6) is 0 Å². The Hall–Kier alpha value is -2.96. The Kier molecular flexibility index (Phi) is 8.06. The van der Waals surface area contributed by atoms with Crippen LogP contribution in [-0.2, 0) is 13.1 Å². The Bertz CT molecular complexity index is 1300. The lowest BCUT2D eigenvalue weighted by molar-refractivity contribution is -0.226. The van der Waals surface area contributed by atoms with Gasteiger partial charge in [-0.25, -0.2) is 0 Å². The maximum absolute atomic E-state index is 13.7. The molecule has 2 saturated carbocycles. The highest BCUT2D eigenvalue weighted by Crippen LogP contribution is 2.76. The zero-order valence-corrected chi connectivity index (χ0v) is 23.8. The molecule has 4 unspecified atom stereocenters. The number of hydrogen-bond acceptors (Lipinski definition) is 5. The van der Waals surface area contributed by atoms with E-state index < -0.39 is 70.3 Å². The van der Waals surface area contributed by atoms with E-state index in [9.17, 15) is 26.3 Å². The smallest absolute Gasteiger partial charge is 0.313 e. The monoisotopic (exact) mass is 634 g/mol. The van der Waals surface area contributed by atoms with Crippen LogP contribution < -0.4 is 0 Å². The van der Waals surface area contributed by atoms with Crippen LogP contribution in [0.15, 0.2) is 121 Å². The molecule has 0 N–H and O–H groups in total. The van der Waals surface area contributed by atoms with Crippen molar-refractivity contribution in [1.29, 1.82) is 0 Å². The van der Waals surface area contributed by atoms with E-state index in [0.29, 0.717) is 22.3 Å². The van der Waals surface area contributed by atoms with Crippen LogP contribution in [0.3, 0.4) is 0 Å². The van der Waals surface area contributed by atoms with Crippen molar-refractivity contribution in [2.45, 2.75) is 46.3 Å². The molecule has 0 spiro atoms. The molecule has 2 aliphatic carbocycles. The SMILES string of the molecule is FC(F)(F)SOC1(OC2(OSC(F)(F)F)C(c3ccccc3)C2c2ccccc2)C(c2ccccc2)C1c1ccccc1. The maximum Gasteiger partial charge on any atom is 0.468 e. The van der Waals surface area contributed by atoms with Crippen molar-refractivity contribution >= 4 is 24.1 Å². The van der Waals surface area contributed by atoms with E-state index in [2.05, 4.69) is 0 Å². The van der Waals surface area contributed by atoms with E-state index in [-0.39, 0.29) is 0 Å². The third-order valence-electron chi connectivity index (χ3n) is 7.67. The second-order valence-electron chi connectivity index (χ2n) is 10.3. The molecule has 0 aliphatic heterocycles. The molecule has 0 heterocycles. The topological polar surface area (TPSA) is 27.7 Å². The molecule has 6 rings (SSSR count). The van der Waals surface area contributed by atoms with Gasteiger partial charge in [0.05, 0.1) is 23.7 Å². The Morgan fingerprint density at radius 2 is 0.651 bits per heavy atom. The summed E-state index contributed by atoms with van der Waals surface area (Å²) in [4.78, 5) is 0. The lowest BCUT2D eigenvalue weighted by Crippen LogP contribution is -2.34. The van der Waals surface area contributed by atoms with Gasteiger partial charge in [-0.3, -0.25) is 8.37 Å².